The molecule has 41 heavy (non-hydrogen) atoms. The molecular weight excluding hydrogens is 535 g/mol. The van der Waals surface area contributed by atoms with Crippen molar-refractivity contribution in [1.29, 1.82) is 0 Å². The molecule has 2 amide bonds. The Hall–Kier alpha value is -4.39. The molecule has 0 unspecified atom stereocenters. The fourth-order valence-corrected chi connectivity index (χ4v) is 4.10. The van der Waals surface area contributed by atoms with E-state index in [1.807, 2.05) is 27.7 Å². The predicted octanol–water partition coefficient (Wildman–Crippen LogP) is 6.28. The lowest BCUT2D eigenvalue weighted by Gasteiger charge is -2.27. The number of amides is 2. The molecule has 0 aliphatic carbocycles. The van der Waals surface area contributed by atoms with Crippen LogP contribution in [0.1, 0.15) is 80.0 Å². The van der Waals surface area contributed by atoms with Crippen LogP contribution < -0.4 is 5.32 Å². The standard InChI is InChI=1S/C31H32F3N3O4/c1-5-8-24(20-12-14-21(15-13-20)28(40)35-18-16-26(38)39)37-25(11-7-17-30(2,3)4)36-27(29(37)41)22-9-6-10-23(19-22)31(32,33)34/h6,9-10,12-15,17,19,24H,5,8,16,18H2,1-4H3,(H,35,40)(H,38,39)/t24-/m1/s1. The second-order valence-electron chi connectivity index (χ2n) is 10.6. The van der Waals surface area contributed by atoms with Gasteiger partial charge in [-0.05, 0) is 53.5 Å². The van der Waals surface area contributed by atoms with E-state index in [2.05, 4.69) is 21.8 Å². The quantitative estimate of drug-likeness (QED) is 0.349. The Kier molecular flexibility index (Phi) is 9.76. The summed E-state index contributed by atoms with van der Waals surface area (Å²) in [6.07, 6.45) is -1.87. The highest BCUT2D eigenvalue weighted by Gasteiger charge is 2.38. The van der Waals surface area contributed by atoms with E-state index in [1.54, 1.807) is 30.3 Å². The average Bonchev–Trinajstić information content (AvgIpc) is 3.21. The molecule has 2 N–H and O–H groups in total. The summed E-state index contributed by atoms with van der Waals surface area (Å²) in [4.78, 5) is 42.7. The Labute approximate surface area is 236 Å². The maximum Gasteiger partial charge on any atom is 0.416 e. The fourth-order valence-electron chi connectivity index (χ4n) is 4.10. The number of halogens is 3. The Morgan fingerprint density at radius 3 is 2.39 bits per heavy atom. The Morgan fingerprint density at radius 2 is 1.80 bits per heavy atom. The smallest absolute Gasteiger partial charge is 0.416 e. The van der Waals surface area contributed by atoms with E-state index < -0.39 is 35.6 Å². The minimum atomic E-state index is -4.58. The van der Waals surface area contributed by atoms with Gasteiger partial charge in [-0.2, -0.15) is 13.2 Å². The molecule has 0 spiro atoms. The summed E-state index contributed by atoms with van der Waals surface area (Å²) >= 11 is 0. The molecule has 0 fully saturated rings. The Morgan fingerprint density at radius 1 is 1.12 bits per heavy atom. The first-order chi connectivity index (χ1) is 19.2. The number of carbonyl (C=O) groups excluding carboxylic acids is 2. The monoisotopic (exact) mass is 567 g/mol. The SMILES string of the molecule is CCC[C@H](c1ccc(C(=O)NCCC(=O)O)cc1)N1C(=O)C(c2cccc(C(F)(F)F)c2)=NC1=C=C=CC(C)(C)C. The van der Waals surface area contributed by atoms with Crippen LogP contribution in [0.3, 0.4) is 0 Å². The first-order valence-electron chi connectivity index (χ1n) is 13.1. The van der Waals surface area contributed by atoms with Gasteiger partial charge < -0.3 is 10.4 Å². The zero-order chi connectivity index (χ0) is 30.4. The normalized spacial score (nSPS) is 14.2. The van der Waals surface area contributed by atoms with Gasteiger partial charge in [-0.15, -0.1) is 0 Å². The number of carbonyl (C=O) groups is 3. The molecule has 0 saturated carbocycles. The van der Waals surface area contributed by atoms with Gasteiger partial charge in [0.05, 0.1) is 18.0 Å². The molecule has 1 aliphatic rings. The number of nitrogens with one attached hydrogen (secondary N) is 1. The van der Waals surface area contributed by atoms with Crippen LogP contribution in [0.15, 0.2) is 76.9 Å². The van der Waals surface area contributed by atoms with Crippen LogP contribution in [-0.2, 0) is 15.8 Å². The highest BCUT2D eigenvalue weighted by atomic mass is 19.4. The van der Waals surface area contributed by atoms with Gasteiger partial charge in [-0.3, -0.25) is 19.3 Å². The fraction of sp³-hybridized carbons (Fsp3) is 0.355. The number of carboxylic acid groups (broad SMARTS) is 1. The van der Waals surface area contributed by atoms with Gasteiger partial charge in [0, 0.05) is 17.7 Å². The van der Waals surface area contributed by atoms with Crippen LogP contribution in [0.5, 0.6) is 0 Å². The zero-order valence-corrected chi connectivity index (χ0v) is 23.3. The second kappa shape index (κ2) is 12.9. The van der Waals surface area contributed by atoms with Crippen molar-refractivity contribution in [2.75, 3.05) is 6.54 Å². The van der Waals surface area contributed by atoms with Crippen LogP contribution in [0.25, 0.3) is 0 Å². The maximum atomic E-state index is 13.8. The van der Waals surface area contributed by atoms with Crippen molar-refractivity contribution in [1.82, 2.24) is 10.2 Å². The minimum Gasteiger partial charge on any atom is -0.481 e. The second-order valence-corrected chi connectivity index (χ2v) is 10.6. The number of aliphatic carboxylic acids is 1. The van der Waals surface area contributed by atoms with Gasteiger partial charge in [-0.25, -0.2) is 4.99 Å². The van der Waals surface area contributed by atoms with E-state index >= 15 is 0 Å². The first kappa shape index (κ1) is 31.1. The molecule has 1 atom stereocenters. The van der Waals surface area contributed by atoms with Gasteiger partial charge in [0.15, 0.2) is 5.82 Å². The lowest BCUT2D eigenvalue weighted by molar-refractivity contribution is -0.138. The van der Waals surface area contributed by atoms with E-state index in [0.717, 1.165) is 12.1 Å². The number of alkyl halides is 3. The van der Waals surface area contributed by atoms with Crippen molar-refractivity contribution < 1.29 is 32.7 Å². The topological polar surface area (TPSA) is 99.1 Å². The maximum absolute atomic E-state index is 13.8. The Bertz CT molecular complexity index is 1440. The first-order valence-corrected chi connectivity index (χ1v) is 13.1. The molecule has 1 heterocycles. The number of benzene rings is 2. The number of hydrogen-bond acceptors (Lipinski definition) is 4. The van der Waals surface area contributed by atoms with Crippen molar-refractivity contribution in [2.24, 2.45) is 10.4 Å². The molecule has 0 radical (unpaired) electrons. The van der Waals surface area contributed by atoms with Crippen molar-refractivity contribution in [3.8, 4) is 0 Å². The van der Waals surface area contributed by atoms with E-state index in [4.69, 9.17) is 5.11 Å². The summed E-state index contributed by atoms with van der Waals surface area (Å²) in [5.41, 5.74) is 5.64. The molecule has 0 saturated heterocycles. The summed E-state index contributed by atoms with van der Waals surface area (Å²) in [6, 6.07) is 10.4. The van der Waals surface area contributed by atoms with E-state index in [1.165, 1.54) is 17.0 Å². The summed E-state index contributed by atoms with van der Waals surface area (Å²) < 4.78 is 40.2. The number of hydrogen-bond donors (Lipinski definition) is 2. The predicted molar refractivity (Wildman–Crippen MR) is 148 cm³/mol. The van der Waals surface area contributed by atoms with Crippen molar-refractivity contribution in [3.05, 3.63) is 94.1 Å². The van der Waals surface area contributed by atoms with Gasteiger partial charge in [0.2, 0.25) is 0 Å². The minimum absolute atomic E-state index is 0.0190. The molecule has 3 rings (SSSR count). The van der Waals surface area contributed by atoms with Gasteiger partial charge in [0.25, 0.3) is 11.8 Å². The summed E-state index contributed by atoms with van der Waals surface area (Å²) in [7, 11) is 0. The third kappa shape index (κ3) is 8.30. The van der Waals surface area contributed by atoms with Crippen molar-refractivity contribution in [3.63, 3.8) is 0 Å². The zero-order valence-electron chi connectivity index (χ0n) is 23.3. The molecule has 7 nitrogen and oxygen atoms in total. The molecule has 2 aromatic rings. The molecule has 0 aromatic heterocycles. The molecule has 10 heteroatoms. The van der Waals surface area contributed by atoms with Crippen LogP contribution in [-0.4, -0.2) is 40.0 Å². The van der Waals surface area contributed by atoms with Crippen molar-refractivity contribution >= 4 is 23.5 Å². The van der Waals surface area contributed by atoms with Gasteiger partial charge >= 0.3 is 12.1 Å². The summed E-state index contributed by atoms with van der Waals surface area (Å²) in [5.74, 6) is -1.91. The van der Waals surface area contributed by atoms with Crippen LogP contribution in [0, 0.1) is 5.41 Å². The van der Waals surface area contributed by atoms with E-state index in [-0.39, 0.29) is 35.5 Å². The largest absolute Gasteiger partial charge is 0.481 e. The molecule has 1 aliphatic heterocycles. The molecule has 2 aromatic carbocycles. The van der Waals surface area contributed by atoms with Crippen LogP contribution in [0.4, 0.5) is 13.2 Å². The van der Waals surface area contributed by atoms with E-state index in [9.17, 15) is 27.6 Å². The highest BCUT2D eigenvalue weighted by molar-refractivity contribution is 6.47. The third-order valence-corrected chi connectivity index (χ3v) is 6.08. The number of nitrogens with zero attached hydrogens (tertiary/aromatic N) is 2. The van der Waals surface area contributed by atoms with Crippen LogP contribution >= 0.6 is 0 Å². The number of allylic oxidation sites excluding steroid dienone is 1. The number of rotatable bonds is 9. The summed E-state index contributed by atoms with van der Waals surface area (Å²) in [5, 5.41) is 11.3. The number of carboxylic acids is 1. The average molecular weight is 568 g/mol. The van der Waals surface area contributed by atoms with Gasteiger partial charge in [0.1, 0.15) is 5.71 Å². The molecule has 0 bridgehead atoms. The lowest BCUT2D eigenvalue weighted by atomic mass is 9.97. The summed E-state index contributed by atoms with van der Waals surface area (Å²) in [6.45, 7) is 7.79. The molecule has 216 valence electrons. The highest BCUT2D eigenvalue weighted by Crippen LogP contribution is 2.35. The third-order valence-electron chi connectivity index (χ3n) is 6.08. The van der Waals surface area contributed by atoms with Crippen molar-refractivity contribution in [2.45, 2.75) is 59.2 Å². The van der Waals surface area contributed by atoms with Crippen LogP contribution in [0.2, 0.25) is 0 Å². The lowest BCUT2D eigenvalue weighted by Crippen LogP contribution is -2.33. The van der Waals surface area contributed by atoms with Gasteiger partial charge in [-0.1, -0.05) is 64.1 Å². The molecular formula is C31H32F3N3O4. The number of aliphatic imine (C=N–C) groups is 1. The van der Waals surface area contributed by atoms with E-state index in [0.29, 0.717) is 24.0 Å². The Balaban J connectivity index is 2.04.